The first-order valence-corrected chi connectivity index (χ1v) is 5.22. The molecular formula is C15H11O+. The standard InChI is InChI=1S/C15H11O/c1-2-6-12(7-3-1)15-10-13-8-4-5-9-14(13)11-16-15/h1-11H/q+1/i10D. The van der Waals surface area contributed by atoms with Gasteiger partial charge in [0.2, 0.25) is 0 Å². The van der Waals surface area contributed by atoms with Crippen LogP contribution < -0.4 is 0 Å². The molecule has 0 aliphatic rings. The number of fused-ring (bicyclic) bond motifs is 1. The van der Waals surface area contributed by atoms with Crippen molar-refractivity contribution in [1.82, 2.24) is 0 Å². The Morgan fingerprint density at radius 2 is 1.50 bits per heavy atom. The van der Waals surface area contributed by atoms with Gasteiger partial charge in [0.1, 0.15) is 0 Å². The summed E-state index contributed by atoms with van der Waals surface area (Å²) in [6.45, 7) is 0. The summed E-state index contributed by atoms with van der Waals surface area (Å²) in [4.78, 5) is 0. The van der Waals surface area contributed by atoms with Gasteiger partial charge in [0, 0.05) is 0 Å². The Morgan fingerprint density at radius 1 is 0.812 bits per heavy atom. The van der Waals surface area contributed by atoms with Crippen molar-refractivity contribution < 1.29 is 5.79 Å². The average molecular weight is 208 g/mol. The third-order valence-electron chi connectivity index (χ3n) is 2.55. The Labute approximate surface area is 95.4 Å². The number of rotatable bonds is 1. The van der Waals surface area contributed by atoms with E-state index >= 15 is 0 Å². The summed E-state index contributed by atoms with van der Waals surface area (Å²) >= 11 is 0. The maximum absolute atomic E-state index is 8.18. The molecule has 0 unspecified atom stereocenters. The van der Waals surface area contributed by atoms with Crippen molar-refractivity contribution in [3.05, 3.63) is 66.9 Å². The van der Waals surface area contributed by atoms with Crippen LogP contribution in [0.1, 0.15) is 1.37 Å². The minimum atomic E-state index is 0.439. The second-order valence-electron chi connectivity index (χ2n) is 3.64. The lowest BCUT2D eigenvalue weighted by atomic mass is 10.1. The van der Waals surface area contributed by atoms with E-state index in [1.165, 1.54) is 0 Å². The molecule has 76 valence electrons. The highest BCUT2D eigenvalue weighted by atomic mass is 16.3. The lowest BCUT2D eigenvalue weighted by molar-refractivity contribution is 0.573. The molecule has 0 spiro atoms. The van der Waals surface area contributed by atoms with Crippen LogP contribution in [0.2, 0.25) is 0 Å². The van der Waals surface area contributed by atoms with Crippen LogP contribution in [0.5, 0.6) is 0 Å². The maximum atomic E-state index is 8.18. The molecular weight excluding hydrogens is 196 g/mol. The summed E-state index contributed by atoms with van der Waals surface area (Å²) < 4.78 is 13.8. The van der Waals surface area contributed by atoms with Gasteiger partial charge in [-0.05, 0) is 23.6 Å². The van der Waals surface area contributed by atoms with Crippen molar-refractivity contribution in [3.8, 4) is 11.3 Å². The van der Waals surface area contributed by atoms with Crippen LogP contribution in [0.4, 0.5) is 0 Å². The van der Waals surface area contributed by atoms with Gasteiger partial charge in [-0.15, -0.1) is 0 Å². The summed E-state index contributed by atoms with van der Waals surface area (Å²) in [6, 6.07) is 18.0. The second-order valence-corrected chi connectivity index (χ2v) is 3.64. The molecule has 3 aromatic rings. The predicted molar refractivity (Wildman–Crippen MR) is 66.1 cm³/mol. The first-order chi connectivity index (χ1) is 8.36. The molecule has 0 aliphatic carbocycles. The topological polar surface area (TPSA) is 11.3 Å². The minimum absolute atomic E-state index is 0.439. The zero-order valence-corrected chi connectivity index (χ0v) is 8.68. The van der Waals surface area contributed by atoms with E-state index in [1.807, 2.05) is 54.6 Å². The Morgan fingerprint density at radius 3 is 2.31 bits per heavy atom. The zero-order chi connectivity index (χ0) is 11.7. The van der Waals surface area contributed by atoms with E-state index in [0.29, 0.717) is 11.8 Å². The molecule has 0 saturated carbocycles. The second kappa shape index (κ2) is 3.78. The molecule has 0 radical (unpaired) electrons. The molecule has 0 saturated heterocycles. The van der Waals surface area contributed by atoms with Crippen LogP contribution in [0.25, 0.3) is 22.1 Å². The van der Waals surface area contributed by atoms with Gasteiger partial charge in [0.05, 0.1) is 18.4 Å². The number of hydrogen-bond acceptors (Lipinski definition) is 0. The van der Waals surface area contributed by atoms with Gasteiger partial charge in [0.25, 0.3) is 0 Å². The average Bonchev–Trinajstić information content (AvgIpc) is 2.40. The van der Waals surface area contributed by atoms with E-state index < -0.39 is 0 Å². The van der Waals surface area contributed by atoms with E-state index in [-0.39, 0.29) is 0 Å². The molecule has 1 aromatic heterocycles. The highest BCUT2D eigenvalue weighted by Crippen LogP contribution is 2.23. The first-order valence-electron chi connectivity index (χ1n) is 5.72. The molecule has 1 heterocycles. The molecule has 1 heteroatoms. The van der Waals surface area contributed by atoms with Gasteiger partial charge >= 0.3 is 12.0 Å². The van der Waals surface area contributed by atoms with Crippen LogP contribution >= 0.6 is 0 Å². The monoisotopic (exact) mass is 208 g/mol. The zero-order valence-electron chi connectivity index (χ0n) is 9.68. The highest BCUT2D eigenvalue weighted by Gasteiger charge is 2.11. The molecule has 2 aromatic carbocycles. The summed E-state index contributed by atoms with van der Waals surface area (Å²) in [5.74, 6) is 0.615. The van der Waals surface area contributed by atoms with Crippen molar-refractivity contribution in [1.29, 1.82) is 0 Å². The molecule has 0 fully saturated rings. The highest BCUT2D eigenvalue weighted by molar-refractivity contribution is 5.84. The first kappa shape index (κ1) is 8.05. The van der Waals surface area contributed by atoms with Gasteiger partial charge in [-0.3, -0.25) is 0 Å². The van der Waals surface area contributed by atoms with E-state index in [9.17, 15) is 0 Å². The molecule has 16 heavy (non-hydrogen) atoms. The minimum Gasteiger partial charge on any atom is -0.215 e. The van der Waals surface area contributed by atoms with Crippen molar-refractivity contribution in [2.75, 3.05) is 0 Å². The van der Waals surface area contributed by atoms with Gasteiger partial charge in [-0.2, -0.15) is 0 Å². The Kier molecular flexibility index (Phi) is 1.90. The summed E-state index contributed by atoms with van der Waals surface area (Å²) in [6.07, 6.45) is 1.70. The summed E-state index contributed by atoms with van der Waals surface area (Å²) in [7, 11) is 0. The fourth-order valence-corrected chi connectivity index (χ4v) is 1.72. The molecule has 0 amide bonds. The van der Waals surface area contributed by atoms with Gasteiger partial charge < -0.3 is 0 Å². The molecule has 0 N–H and O–H groups in total. The third-order valence-corrected chi connectivity index (χ3v) is 2.55. The summed E-state index contributed by atoms with van der Waals surface area (Å²) in [5, 5.41) is 1.87. The van der Waals surface area contributed by atoms with Crippen LogP contribution in [0, 0.1) is 0 Å². The summed E-state index contributed by atoms with van der Waals surface area (Å²) in [5.41, 5.74) is 0.934. The maximum Gasteiger partial charge on any atom is 0.360 e. The predicted octanol–water partition coefficient (Wildman–Crippen LogP) is 4.38. The quantitative estimate of drug-likeness (QED) is 0.540. The normalized spacial score (nSPS) is 11.4. The fourth-order valence-electron chi connectivity index (χ4n) is 1.72. The van der Waals surface area contributed by atoms with Gasteiger partial charge in [0.15, 0.2) is 0 Å². The smallest absolute Gasteiger partial charge is 0.215 e. The van der Waals surface area contributed by atoms with Crippen LogP contribution in [0.15, 0.2) is 71.3 Å². The molecule has 1 nitrogen and oxygen atoms in total. The van der Waals surface area contributed by atoms with Crippen LogP contribution in [-0.2, 0) is 0 Å². The largest absolute Gasteiger partial charge is 0.360 e. The van der Waals surface area contributed by atoms with Crippen LogP contribution in [-0.4, -0.2) is 0 Å². The van der Waals surface area contributed by atoms with Gasteiger partial charge in [-0.1, -0.05) is 36.4 Å². The lowest BCUT2D eigenvalue weighted by Gasteiger charge is -1.93. The molecule has 0 aliphatic heterocycles. The van der Waals surface area contributed by atoms with Crippen molar-refractivity contribution >= 4 is 10.8 Å². The van der Waals surface area contributed by atoms with E-state index in [1.54, 1.807) is 6.26 Å². The van der Waals surface area contributed by atoms with E-state index in [0.717, 1.165) is 16.3 Å². The molecule has 0 bridgehead atoms. The Bertz CT molecular complexity index is 662. The van der Waals surface area contributed by atoms with Crippen molar-refractivity contribution in [2.45, 2.75) is 0 Å². The van der Waals surface area contributed by atoms with Crippen molar-refractivity contribution in [3.63, 3.8) is 0 Å². The number of hydrogen-bond donors (Lipinski definition) is 0. The SMILES string of the molecule is [2H]c1c(-c2ccccc2)[o+]cc2ccccc12. The lowest BCUT2D eigenvalue weighted by Crippen LogP contribution is -1.77. The van der Waals surface area contributed by atoms with E-state index in [4.69, 9.17) is 5.79 Å². The number of benzene rings is 2. The fraction of sp³-hybridized carbons (Fsp3) is 0. The Balaban J connectivity index is 2.29. The van der Waals surface area contributed by atoms with Gasteiger partial charge in [-0.25, -0.2) is 4.42 Å². The molecule has 0 atom stereocenters. The molecule has 3 rings (SSSR count). The van der Waals surface area contributed by atoms with Crippen molar-refractivity contribution in [2.24, 2.45) is 0 Å². The Hall–Kier alpha value is -2.15. The van der Waals surface area contributed by atoms with Crippen LogP contribution in [0.3, 0.4) is 0 Å². The third kappa shape index (κ3) is 1.57. The van der Waals surface area contributed by atoms with E-state index in [2.05, 4.69) is 0 Å².